The maximum Gasteiger partial charge on any atom is 0.134 e. The quantitative estimate of drug-likeness (QED) is 0.774. The molecule has 3 rings (SSSR count). The number of nitrogens with zero attached hydrogens (tertiary/aromatic N) is 5. The number of hydrogen-bond donors (Lipinski definition) is 1. The Kier molecular flexibility index (Phi) is 4.18. The third-order valence-corrected chi connectivity index (χ3v) is 3.31. The van der Waals surface area contributed by atoms with Crippen molar-refractivity contribution in [2.75, 3.05) is 5.73 Å². The Balaban J connectivity index is 1.64. The lowest BCUT2D eigenvalue weighted by atomic mass is 10.2. The van der Waals surface area contributed by atoms with Crippen molar-refractivity contribution in [3.63, 3.8) is 0 Å². The molecule has 0 aliphatic rings. The van der Waals surface area contributed by atoms with Crippen molar-refractivity contribution in [3.05, 3.63) is 59.3 Å². The summed E-state index contributed by atoms with van der Waals surface area (Å²) < 4.78 is 7.40. The minimum absolute atomic E-state index is 0.364. The van der Waals surface area contributed by atoms with Gasteiger partial charge in [-0.05, 0) is 31.5 Å². The first kappa shape index (κ1) is 15.0. The average Bonchev–Trinajstić information content (AvgIpc) is 2.96. The van der Waals surface area contributed by atoms with Crippen LogP contribution in [0.4, 0.5) is 5.82 Å². The Bertz CT molecular complexity index is 814. The van der Waals surface area contributed by atoms with Crippen LogP contribution in [0.15, 0.2) is 36.7 Å². The topological polar surface area (TPSA) is 91.7 Å². The lowest BCUT2D eigenvalue weighted by Crippen LogP contribution is -2.07. The summed E-state index contributed by atoms with van der Waals surface area (Å²) in [5.41, 5.74) is 8.60. The SMILES string of the molecule is Cc1cccc(OCc2cn(Cc3cnc(C)nc3N)nn2)c1. The monoisotopic (exact) mass is 310 g/mol. The molecule has 23 heavy (non-hydrogen) atoms. The molecule has 2 aromatic heterocycles. The molecule has 0 saturated carbocycles. The second-order valence-electron chi connectivity index (χ2n) is 5.34. The fourth-order valence-electron chi connectivity index (χ4n) is 2.15. The minimum Gasteiger partial charge on any atom is -0.487 e. The number of aryl methyl sites for hydroxylation is 2. The second-order valence-corrected chi connectivity index (χ2v) is 5.34. The van der Waals surface area contributed by atoms with Gasteiger partial charge in [-0.1, -0.05) is 17.3 Å². The molecule has 7 nitrogen and oxygen atoms in total. The Labute approximate surface area is 134 Å². The van der Waals surface area contributed by atoms with Crippen molar-refractivity contribution in [2.24, 2.45) is 0 Å². The fraction of sp³-hybridized carbons (Fsp3) is 0.250. The minimum atomic E-state index is 0.364. The summed E-state index contributed by atoms with van der Waals surface area (Å²) in [5, 5.41) is 8.18. The van der Waals surface area contributed by atoms with Crippen LogP contribution in [0.3, 0.4) is 0 Å². The summed E-state index contributed by atoms with van der Waals surface area (Å²) in [6, 6.07) is 7.88. The fourth-order valence-corrected chi connectivity index (χ4v) is 2.15. The average molecular weight is 310 g/mol. The van der Waals surface area contributed by atoms with Crippen LogP contribution in [0.2, 0.25) is 0 Å². The second kappa shape index (κ2) is 6.43. The van der Waals surface area contributed by atoms with Crippen molar-refractivity contribution < 1.29 is 4.74 Å². The molecule has 0 atom stereocenters. The van der Waals surface area contributed by atoms with Crippen molar-refractivity contribution in [3.8, 4) is 5.75 Å². The van der Waals surface area contributed by atoms with E-state index in [0.717, 1.165) is 22.6 Å². The number of aromatic nitrogens is 5. The number of ether oxygens (including phenoxy) is 1. The van der Waals surface area contributed by atoms with E-state index in [2.05, 4.69) is 20.3 Å². The van der Waals surface area contributed by atoms with E-state index < -0.39 is 0 Å². The summed E-state index contributed by atoms with van der Waals surface area (Å²) in [4.78, 5) is 8.29. The van der Waals surface area contributed by atoms with Gasteiger partial charge >= 0.3 is 0 Å². The molecule has 0 fully saturated rings. The van der Waals surface area contributed by atoms with Gasteiger partial charge in [0.05, 0.1) is 12.7 Å². The molecule has 0 spiro atoms. The van der Waals surface area contributed by atoms with Crippen molar-refractivity contribution in [1.82, 2.24) is 25.0 Å². The molecule has 0 amide bonds. The van der Waals surface area contributed by atoms with Gasteiger partial charge in [0.15, 0.2) is 0 Å². The van der Waals surface area contributed by atoms with E-state index in [0.29, 0.717) is 24.8 Å². The number of nitrogen functional groups attached to an aromatic ring is 1. The highest BCUT2D eigenvalue weighted by atomic mass is 16.5. The van der Waals surface area contributed by atoms with Gasteiger partial charge in [0, 0.05) is 11.8 Å². The lowest BCUT2D eigenvalue weighted by Gasteiger charge is -2.05. The van der Waals surface area contributed by atoms with E-state index >= 15 is 0 Å². The van der Waals surface area contributed by atoms with Gasteiger partial charge in [-0.25, -0.2) is 14.6 Å². The van der Waals surface area contributed by atoms with Crippen LogP contribution in [-0.4, -0.2) is 25.0 Å². The predicted molar refractivity (Wildman–Crippen MR) is 85.8 cm³/mol. The number of anilines is 1. The highest BCUT2D eigenvalue weighted by Crippen LogP contribution is 2.14. The summed E-state index contributed by atoms with van der Waals surface area (Å²) in [6.07, 6.45) is 3.54. The maximum atomic E-state index is 5.89. The first-order chi connectivity index (χ1) is 11.1. The molecule has 2 N–H and O–H groups in total. The molecule has 0 unspecified atom stereocenters. The molecule has 2 heterocycles. The highest BCUT2D eigenvalue weighted by molar-refractivity contribution is 5.37. The van der Waals surface area contributed by atoms with Gasteiger partial charge in [0.25, 0.3) is 0 Å². The Morgan fingerprint density at radius 2 is 2.13 bits per heavy atom. The van der Waals surface area contributed by atoms with Crippen molar-refractivity contribution >= 4 is 5.82 Å². The zero-order chi connectivity index (χ0) is 16.2. The van der Waals surface area contributed by atoms with Gasteiger partial charge in [-0.15, -0.1) is 5.10 Å². The van der Waals surface area contributed by atoms with Gasteiger partial charge in [0.2, 0.25) is 0 Å². The van der Waals surface area contributed by atoms with E-state index in [-0.39, 0.29) is 0 Å². The maximum absolute atomic E-state index is 5.89. The molecule has 7 heteroatoms. The number of rotatable bonds is 5. The van der Waals surface area contributed by atoms with Crippen molar-refractivity contribution in [2.45, 2.75) is 27.0 Å². The summed E-state index contributed by atoms with van der Waals surface area (Å²) in [5.74, 6) is 1.93. The summed E-state index contributed by atoms with van der Waals surface area (Å²) in [6.45, 7) is 4.67. The third-order valence-electron chi connectivity index (χ3n) is 3.31. The number of benzene rings is 1. The van der Waals surface area contributed by atoms with Gasteiger partial charge < -0.3 is 10.5 Å². The summed E-state index contributed by atoms with van der Waals surface area (Å²) >= 11 is 0. The molecule has 118 valence electrons. The van der Waals surface area contributed by atoms with Gasteiger partial charge in [-0.2, -0.15) is 0 Å². The summed E-state index contributed by atoms with van der Waals surface area (Å²) in [7, 11) is 0. The first-order valence-corrected chi connectivity index (χ1v) is 7.26. The van der Waals surface area contributed by atoms with Crippen LogP contribution in [0.5, 0.6) is 5.75 Å². The van der Waals surface area contributed by atoms with Crippen LogP contribution in [0, 0.1) is 13.8 Å². The van der Waals surface area contributed by atoms with Gasteiger partial charge in [-0.3, -0.25) is 0 Å². The standard InChI is InChI=1S/C16H18N6O/c1-11-4-3-5-15(6-11)23-10-14-9-22(21-20-14)8-13-7-18-12(2)19-16(13)17/h3-7,9H,8,10H2,1-2H3,(H2,17,18,19). The van der Waals surface area contributed by atoms with Crippen LogP contribution in [-0.2, 0) is 13.2 Å². The van der Waals surface area contributed by atoms with Crippen LogP contribution < -0.4 is 10.5 Å². The molecule has 0 saturated heterocycles. The molecule has 1 aromatic carbocycles. The molecule has 0 radical (unpaired) electrons. The van der Waals surface area contributed by atoms with E-state index in [1.807, 2.05) is 37.4 Å². The molecule has 0 aliphatic carbocycles. The molecule has 0 aliphatic heterocycles. The zero-order valence-electron chi connectivity index (χ0n) is 13.1. The smallest absolute Gasteiger partial charge is 0.134 e. The third kappa shape index (κ3) is 3.82. The van der Waals surface area contributed by atoms with Gasteiger partial charge in [0.1, 0.15) is 29.7 Å². The lowest BCUT2D eigenvalue weighted by molar-refractivity contribution is 0.301. The Hall–Kier alpha value is -2.96. The van der Waals surface area contributed by atoms with Crippen LogP contribution >= 0.6 is 0 Å². The number of hydrogen-bond acceptors (Lipinski definition) is 6. The Morgan fingerprint density at radius 3 is 2.91 bits per heavy atom. The van der Waals surface area contributed by atoms with Crippen molar-refractivity contribution in [1.29, 1.82) is 0 Å². The molecular weight excluding hydrogens is 292 g/mol. The van der Waals surface area contributed by atoms with Crippen LogP contribution in [0.1, 0.15) is 22.6 Å². The normalized spacial score (nSPS) is 10.7. The molecule has 3 aromatic rings. The van der Waals surface area contributed by atoms with E-state index in [4.69, 9.17) is 10.5 Å². The largest absolute Gasteiger partial charge is 0.487 e. The number of nitrogens with two attached hydrogens (primary N) is 1. The zero-order valence-corrected chi connectivity index (χ0v) is 13.1. The van der Waals surface area contributed by atoms with E-state index in [9.17, 15) is 0 Å². The predicted octanol–water partition coefficient (Wildman–Crippen LogP) is 1.89. The van der Waals surface area contributed by atoms with E-state index in [1.165, 1.54) is 0 Å². The first-order valence-electron chi connectivity index (χ1n) is 7.26. The molecular formula is C16H18N6O. The molecule has 0 bridgehead atoms. The van der Waals surface area contributed by atoms with Crippen LogP contribution in [0.25, 0.3) is 0 Å². The van der Waals surface area contributed by atoms with E-state index in [1.54, 1.807) is 17.8 Å². The Morgan fingerprint density at radius 1 is 1.26 bits per heavy atom. The highest BCUT2D eigenvalue weighted by Gasteiger charge is 2.06.